The van der Waals surface area contributed by atoms with Gasteiger partial charge in [-0.3, -0.25) is 0 Å². The predicted octanol–water partition coefficient (Wildman–Crippen LogP) is 2.06. The Kier molecular flexibility index (Phi) is 4.00. The molecule has 0 heterocycles. The number of hydrogen-bond acceptors (Lipinski definition) is 3. The van der Waals surface area contributed by atoms with E-state index in [4.69, 9.17) is 11.5 Å². The maximum absolute atomic E-state index is 12.5. The van der Waals surface area contributed by atoms with Gasteiger partial charge in [0.1, 0.15) is 0 Å². The molecule has 0 saturated heterocycles. The molecule has 0 aliphatic rings. The van der Waals surface area contributed by atoms with Gasteiger partial charge in [0.15, 0.2) is 0 Å². The van der Waals surface area contributed by atoms with Crippen LogP contribution < -0.4 is 11.5 Å². The van der Waals surface area contributed by atoms with Gasteiger partial charge in [-0.1, -0.05) is 0 Å². The van der Waals surface area contributed by atoms with Crippen molar-refractivity contribution in [1.29, 1.82) is 0 Å². The summed E-state index contributed by atoms with van der Waals surface area (Å²) in [6, 6.07) is 2.57. The first-order valence-corrected chi connectivity index (χ1v) is 5.12. The van der Waals surface area contributed by atoms with Crippen LogP contribution in [0.1, 0.15) is 30.6 Å². The number of rotatable bonds is 3. The van der Waals surface area contributed by atoms with Crippen molar-refractivity contribution in [2.75, 3.05) is 5.73 Å². The summed E-state index contributed by atoms with van der Waals surface area (Å²) >= 11 is 0. The second-order valence-electron chi connectivity index (χ2n) is 4.07. The smallest absolute Gasteiger partial charge is 0.398 e. The summed E-state index contributed by atoms with van der Waals surface area (Å²) in [6.07, 6.45) is -5.38. The molecule has 0 aromatic heterocycles. The van der Waals surface area contributed by atoms with E-state index >= 15 is 0 Å². The van der Waals surface area contributed by atoms with Crippen molar-refractivity contribution in [2.45, 2.75) is 31.7 Å². The van der Waals surface area contributed by atoms with Gasteiger partial charge in [0.05, 0.1) is 11.7 Å². The molecule has 1 aromatic carbocycles. The number of nitrogens with two attached hydrogens (primary N) is 2. The third-order valence-corrected chi connectivity index (χ3v) is 2.37. The Bertz CT molecular complexity index is 391. The van der Waals surface area contributed by atoms with E-state index in [2.05, 4.69) is 0 Å². The summed E-state index contributed by atoms with van der Waals surface area (Å²) in [6.45, 7) is 1.66. The van der Waals surface area contributed by atoms with Crippen LogP contribution >= 0.6 is 0 Å². The zero-order chi connectivity index (χ0) is 13.2. The predicted molar refractivity (Wildman–Crippen MR) is 59.1 cm³/mol. The molecule has 3 nitrogen and oxygen atoms in total. The van der Waals surface area contributed by atoms with Crippen molar-refractivity contribution in [3.8, 4) is 0 Å². The highest BCUT2D eigenvalue weighted by Crippen LogP contribution is 2.33. The SMILES string of the molecule is CC(N)CC(O)c1cc(C(F)(F)F)ccc1N. The van der Waals surface area contributed by atoms with Gasteiger partial charge >= 0.3 is 6.18 Å². The van der Waals surface area contributed by atoms with E-state index < -0.39 is 17.8 Å². The summed E-state index contributed by atoms with van der Waals surface area (Å²) in [5.41, 5.74) is 10.4. The number of benzene rings is 1. The highest BCUT2D eigenvalue weighted by atomic mass is 19.4. The number of halogens is 3. The van der Waals surface area contributed by atoms with E-state index in [1.165, 1.54) is 0 Å². The fourth-order valence-corrected chi connectivity index (χ4v) is 1.52. The van der Waals surface area contributed by atoms with Gasteiger partial charge in [-0.15, -0.1) is 0 Å². The molecule has 0 fully saturated rings. The zero-order valence-electron chi connectivity index (χ0n) is 9.33. The summed E-state index contributed by atoms with van der Waals surface area (Å²) in [4.78, 5) is 0. The normalized spacial score (nSPS) is 15.6. The molecule has 1 rings (SSSR count). The van der Waals surface area contributed by atoms with Crippen LogP contribution in [0.4, 0.5) is 18.9 Å². The fraction of sp³-hybridized carbons (Fsp3) is 0.455. The van der Waals surface area contributed by atoms with Crippen LogP contribution in [0.25, 0.3) is 0 Å². The second kappa shape index (κ2) is 4.93. The van der Waals surface area contributed by atoms with Crippen LogP contribution in [0.15, 0.2) is 18.2 Å². The molecule has 6 heteroatoms. The molecule has 96 valence electrons. The molecule has 0 amide bonds. The minimum Gasteiger partial charge on any atom is -0.398 e. The van der Waals surface area contributed by atoms with E-state index in [0.717, 1.165) is 18.2 Å². The van der Waals surface area contributed by atoms with Gasteiger partial charge in [0, 0.05) is 17.3 Å². The molecule has 0 bridgehead atoms. The molecule has 0 radical (unpaired) electrons. The van der Waals surface area contributed by atoms with Gasteiger partial charge in [-0.2, -0.15) is 13.2 Å². The largest absolute Gasteiger partial charge is 0.416 e. The number of alkyl halides is 3. The standard InChI is InChI=1S/C11H15F3N2O/c1-6(15)4-10(17)8-5-7(11(12,13)14)2-3-9(8)16/h2-3,5-6,10,17H,4,15-16H2,1H3. The van der Waals surface area contributed by atoms with Crippen molar-refractivity contribution < 1.29 is 18.3 Å². The van der Waals surface area contributed by atoms with Gasteiger partial charge in [-0.25, -0.2) is 0 Å². The molecule has 1 aromatic rings. The number of nitrogen functional groups attached to an aromatic ring is 1. The van der Waals surface area contributed by atoms with Crippen LogP contribution in [-0.4, -0.2) is 11.1 Å². The molecule has 17 heavy (non-hydrogen) atoms. The molecule has 5 N–H and O–H groups in total. The second-order valence-corrected chi connectivity index (χ2v) is 4.07. The highest BCUT2D eigenvalue weighted by Gasteiger charge is 2.31. The van der Waals surface area contributed by atoms with Crippen molar-refractivity contribution in [1.82, 2.24) is 0 Å². The zero-order valence-corrected chi connectivity index (χ0v) is 9.33. The van der Waals surface area contributed by atoms with Crippen molar-refractivity contribution >= 4 is 5.69 Å². The minimum absolute atomic E-state index is 0.0668. The monoisotopic (exact) mass is 248 g/mol. The van der Waals surface area contributed by atoms with Gasteiger partial charge < -0.3 is 16.6 Å². The summed E-state index contributed by atoms with van der Waals surface area (Å²) in [5.74, 6) is 0. The minimum atomic E-state index is -4.45. The van der Waals surface area contributed by atoms with Crippen molar-refractivity contribution in [3.05, 3.63) is 29.3 Å². The van der Waals surface area contributed by atoms with Crippen LogP contribution in [0, 0.1) is 0 Å². The molecule has 0 aliphatic carbocycles. The first-order valence-electron chi connectivity index (χ1n) is 5.12. The highest BCUT2D eigenvalue weighted by molar-refractivity contribution is 5.50. The summed E-state index contributed by atoms with van der Waals surface area (Å²) in [7, 11) is 0. The number of aliphatic hydroxyl groups excluding tert-OH is 1. The first kappa shape index (κ1) is 13.8. The lowest BCUT2D eigenvalue weighted by molar-refractivity contribution is -0.137. The average Bonchev–Trinajstić information content (AvgIpc) is 2.15. The number of hydrogen-bond donors (Lipinski definition) is 3. The topological polar surface area (TPSA) is 72.3 Å². The lowest BCUT2D eigenvalue weighted by Crippen LogP contribution is -2.19. The molecule has 0 saturated carbocycles. The maximum Gasteiger partial charge on any atom is 0.416 e. The van der Waals surface area contributed by atoms with Crippen LogP contribution in [0.2, 0.25) is 0 Å². The summed E-state index contributed by atoms with van der Waals surface area (Å²) in [5, 5.41) is 9.73. The van der Waals surface area contributed by atoms with E-state index in [9.17, 15) is 18.3 Å². The van der Waals surface area contributed by atoms with Crippen molar-refractivity contribution in [2.24, 2.45) is 5.73 Å². The van der Waals surface area contributed by atoms with E-state index in [1.54, 1.807) is 6.92 Å². The Balaban J connectivity index is 3.06. The molecule has 2 unspecified atom stereocenters. The Labute approximate surface area is 97.2 Å². The quantitative estimate of drug-likeness (QED) is 0.717. The number of anilines is 1. The van der Waals surface area contributed by atoms with Crippen LogP contribution in [0.3, 0.4) is 0 Å². The molecule has 0 aliphatic heterocycles. The maximum atomic E-state index is 12.5. The third-order valence-electron chi connectivity index (χ3n) is 2.37. The number of aliphatic hydroxyl groups is 1. The Morgan fingerprint density at radius 3 is 2.41 bits per heavy atom. The van der Waals surface area contributed by atoms with Crippen molar-refractivity contribution in [3.63, 3.8) is 0 Å². The van der Waals surface area contributed by atoms with Gasteiger partial charge in [0.25, 0.3) is 0 Å². The van der Waals surface area contributed by atoms with Crippen LogP contribution in [0.5, 0.6) is 0 Å². The van der Waals surface area contributed by atoms with Gasteiger partial charge in [0.2, 0.25) is 0 Å². The summed E-state index contributed by atoms with van der Waals surface area (Å²) < 4.78 is 37.4. The first-order chi connectivity index (χ1) is 7.71. The van der Waals surface area contributed by atoms with E-state index in [0.29, 0.717) is 0 Å². The van der Waals surface area contributed by atoms with Gasteiger partial charge in [-0.05, 0) is 31.5 Å². The Morgan fingerprint density at radius 2 is 1.94 bits per heavy atom. The fourth-order valence-electron chi connectivity index (χ4n) is 1.52. The van der Waals surface area contributed by atoms with E-state index in [1.807, 2.05) is 0 Å². The lowest BCUT2D eigenvalue weighted by atomic mass is 9.99. The molecular weight excluding hydrogens is 233 g/mol. The molecule has 0 spiro atoms. The Hall–Kier alpha value is -1.27. The Morgan fingerprint density at radius 1 is 1.35 bits per heavy atom. The third kappa shape index (κ3) is 3.61. The molecule has 2 atom stereocenters. The molecular formula is C11H15F3N2O. The average molecular weight is 248 g/mol. The van der Waals surface area contributed by atoms with Crippen LogP contribution in [-0.2, 0) is 6.18 Å². The lowest BCUT2D eigenvalue weighted by Gasteiger charge is -2.17. The van der Waals surface area contributed by atoms with E-state index in [-0.39, 0.29) is 23.7 Å².